The Kier molecular flexibility index (Phi) is 5.66. The number of carbonyl (C=O) groups excluding carboxylic acids is 1. The fraction of sp³-hybridized carbons (Fsp3) is 0.400. The van der Waals surface area contributed by atoms with E-state index in [4.69, 9.17) is 4.74 Å². The van der Waals surface area contributed by atoms with Gasteiger partial charge in [0.05, 0.1) is 29.7 Å². The highest BCUT2D eigenvalue weighted by Crippen LogP contribution is 2.37. The molecule has 1 unspecified atom stereocenters. The molecule has 1 atom stereocenters. The quantitative estimate of drug-likeness (QED) is 0.633. The van der Waals surface area contributed by atoms with Crippen molar-refractivity contribution in [2.75, 3.05) is 44.6 Å². The van der Waals surface area contributed by atoms with Gasteiger partial charge in [0, 0.05) is 26.2 Å². The fourth-order valence-electron chi connectivity index (χ4n) is 4.79. The van der Waals surface area contributed by atoms with Gasteiger partial charge in [0.1, 0.15) is 11.4 Å². The summed E-state index contributed by atoms with van der Waals surface area (Å²) in [6.07, 6.45) is 0. The van der Waals surface area contributed by atoms with Crippen LogP contribution < -0.4 is 10.1 Å². The highest BCUT2D eigenvalue weighted by Gasteiger charge is 2.39. The lowest BCUT2D eigenvalue weighted by molar-refractivity contribution is -0.132. The van der Waals surface area contributed by atoms with Crippen molar-refractivity contribution in [3.63, 3.8) is 0 Å². The van der Waals surface area contributed by atoms with Crippen molar-refractivity contribution in [1.82, 2.24) is 9.21 Å². The van der Waals surface area contributed by atoms with Gasteiger partial charge in [-0.2, -0.15) is 4.31 Å². The maximum atomic E-state index is 13.4. The van der Waals surface area contributed by atoms with Crippen LogP contribution in [0, 0.1) is 0 Å². The molecule has 0 spiro atoms. The van der Waals surface area contributed by atoms with Gasteiger partial charge in [0.2, 0.25) is 15.9 Å². The molecule has 0 fully saturated rings. The lowest BCUT2D eigenvalue weighted by Crippen LogP contribution is -2.40. The molecule has 0 bridgehead atoms. The Morgan fingerprint density at radius 2 is 1.76 bits per heavy atom. The second kappa shape index (κ2) is 8.41. The van der Waals surface area contributed by atoms with Crippen molar-refractivity contribution in [3.05, 3.63) is 65.2 Å². The predicted molar refractivity (Wildman–Crippen MR) is 128 cm³/mol. The molecule has 2 aromatic carbocycles. The molecule has 8 nitrogen and oxygen atoms in total. The van der Waals surface area contributed by atoms with Crippen molar-refractivity contribution >= 4 is 21.6 Å². The molecule has 0 aliphatic carbocycles. The number of aliphatic hydroxyl groups excluding tert-OH is 1. The highest BCUT2D eigenvalue weighted by molar-refractivity contribution is 7.89. The molecular formula is C25H29N3O5S. The standard InChI is InChI=1S/C25H29N3O5S/c1-25(2)16-26-22-10-20(8-9-23(22)33-25)34(31,32)28-13-18-11-27(12-19(18)14-28)24(30)21(15-29)17-6-4-3-5-7-17/h3-10,21,26,29H,11-16H2,1-2H3. The van der Waals surface area contributed by atoms with E-state index in [1.807, 2.05) is 44.2 Å². The van der Waals surface area contributed by atoms with Crippen LogP contribution in [0.15, 0.2) is 64.6 Å². The van der Waals surface area contributed by atoms with Crippen molar-refractivity contribution in [3.8, 4) is 5.75 Å². The molecule has 0 radical (unpaired) electrons. The summed E-state index contributed by atoms with van der Waals surface area (Å²) in [6.45, 7) is 5.58. The number of hydrogen-bond donors (Lipinski definition) is 2. The number of rotatable bonds is 5. The van der Waals surface area contributed by atoms with Crippen LogP contribution >= 0.6 is 0 Å². The number of nitrogens with zero attached hydrogens (tertiary/aromatic N) is 2. The number of amides is 1. The molecule has 9 heteroatoms. The third-order valence-corrected chi connectivity index (χ3v) is 8.46. The van der Waals surface area contributed by atoms with E-state index in [-0.39, 0.29) is 36.1 Å². The molecule has 0 aromatic heterocycles. The van der Waals surface area contributed by atoms with E-state index in [1.165, 1.54) is 4.31 Å². The summed E-state index contributed by atoms with van der Waals surface area (Å²) in [4.78, 5) is 15.0. The summed E-state index contributed by atoms with van der Waals surface area (Å²) in [6, 6.07) is 14.2. The Labute approximate surface area is 199 Å². The number of anilines is 1. The molecule has 1 amide bonds. The minimum absolute atomic E-state index is 0.138. The van der Waals surface area contributed by atoms with E-state index in [1.54, 1.807) is 23.1 Å². The summed E-state index contributed by atoms with van der Waals surface area (Å²) in [7, 11) is -3.69. The third-order valence-electron chi connectivity index (χ3n) is 6.67. The Balaban J connectivity index is 1.27. The number of sulfonamides is 1. The number of aliphatic hydroxyl groups is 1. The molecule has 34 heavy (non-hydrogen) atoms. The Hall–Kier alpha value is -2.88. The summed E-state index contributed by atoms with van der Waals surface area (Å²) in [5.74, 6) is -0.110. The monoisotopic (exact) mass is 483 g/mol. The lowest BCUT2D eigenvalue weighted by atomic mass is 9.98. The fourth-order valence-corrected chi connectivity index (χ4v) is 6.25. The van der Waals surface area contributed by atoms with Gasteiger partial charge in [-0.05, 0) is 48.8 Å². The zero-order valence-electron chi connectivity index (χ0n) is 19.3. The predicted octanol–water partition coefficient (Wildman–Crippen LogP) is 2.19. The van der Waals surface area contributed by atoms with Crippen LogP contribution in [0.4, 0.5) is 5.69 Å². The van der Waals surface area contributed by atoms with Crippen molar-refractivity contribution < 1.29 is 23.1 Å². The number of nitrogens with one attached hydrogen (secondary N) is 1. The molecule has 5 rings (SSSR count). The topological polar surface area (TPSA) is 99.2 Å². The minimum atomic E-state index is -3.69. The van der Waals surface area contributed by atoms with Gasteiger partial charge < -0.3 is 20.1 Å². The van der Waals surface area contributed by atoms with Crippen LogP contribution in [-0.2, 0) is 14.8 Å². The van der Waals surface area contributed by atoms with E-state index in [0.29, 0.717) is 31.1 Å². The molecule has 3 aliphatic rings. The lowest BCUT2D eigenvalue weighted by Gasteiger charge is -2.33. The average molecular weight is 484 g/mol. The van der Waals surface area contributed by atoms with Crippen LogP contribution in [0.1, 0.15) is 25.3 Å². The number of fused-ring (bicyclic) bond motifs is 1. The Morgan fingerprint density at radius 3 is 2.41 bits per heavy atom. The van der Waals surface area contributed by atoms with E-state index < -0.39 is 15.9 Å². The summed E-state index contributed by atoms with van der Waals surface area (Å²) < 4.78 is 34.1. The molecule has 2 aromatic rings. The number of carbonyl (C=O) groups is 1. The summed E-state index contributed by atoms with van der Waals surface area (Å²) >= 11 is 0. The second-order valence-corrected chi connectivity index (χ2v) is 11.6. The summed E-state index contributed by atoms with van der Waals surface area (Å²) in [5.41, 5.74) is 3.02. The van der Waals surface area contributed by atoms with Gasteiger partial charge in [-0.15, -0.1) is 0 Å². The van der Waals surface area contributed by atoms with Crippen LogP contribution in [0.5, 0.6) is 5.75 Å². The molecule has 3 heterocycles. The van der Waals surface area contributed by atoms with Gasteiger partial charge in [-0.1, -0.05) is 30.3 Å². The smallest absolute Gasteiger partial charge is 0.243 e. The molecule has 2 N–H and O–H groups in total. The molecule has 0 saturated heterocycles. The Morgan fingerprint density at radius 1 is 1.09 bits per heavy atom. The molecule has 0 saturated carbocycles. The number of hydrogen-bond acceptors (Lipinski definition) is 6. The third kappa shape index (κ3) is 4.08. The number of ether oxygens (including phenoxy) is 1. The molecular weight excluding hydrogens is 454 g/mol. The van der Waals surface area contributed by atoms with Gasteiger partial charge >= 0.3 is 0 Å². The van der Waals surface area contributed by atoms with Crippen molar-refractivity contribution in [2.45, 2.75) is 30.3 Å². The van der Waals surface area contributed by atoms with Crippen molar-refractivity contribution in [2.24, 2.45) is 0 Å². The minimum Gasteiger partial charge on any atom is -0.484 e. The largest absolute Gasteiger partial charge is 0.484 e. The highest BCUT2D eigenvalue weighted by atomic mass is 32.2. The second-order valence-electron chi connectivity index (χ2n) is 9.69. The van der Waals surface area contributed by atoms with E-state index in [0.717, 1.165) is 16.7 Å². The van der Waals surface area contributed by atoms with E-state index >= 15 is 0 Å². The van der Waals surface area contributed by atoms with Gasteiger partial charge in [-0.3, -0.25) is 4.79 Å². The van der Waals surface area contributed by atoms with Gasteiger partial charge in [0.15, 0.2) is 0 Å². The maximum Gasteiger partial charge on any atom is 0.243 e. The first kappa shape index (κ1) is 22.9. The van der Waals surface area contributed by atoms with E-state index in [2.05, 4.69) is 5.32 Å². The maximum absolute atomic E-state index is 13.4. The first-order chi connectivity index (χ1) is 16.2. The van der Waals surface area contributed by atoms with Crippen LogP contribution in [0.2, 0.25) is 0 Å². The van der Waals surface area contributed by atoms with Gasteiger partial charge in [0.25, 0.3) is 0 Å². The van der Waals surface area contributed by atoms with Crippen LogP contribution in [0.3, 0.4) is 0 Å². The van der Waals surface area contributed by atoms with Crippen LogP contribution in [0.25, 0.3) is 0 Å². The molecule has 3 aliphatic heterocycles. The van der Waals surface area contributed by atoms with Crippen molar-refractivity contribution in [1.29, 1.82) is 0 Å². The van der Waals surface area contributed by atoms with E-state index in [9.17, 15) is 18.3 Å². The van der Waals surface area contributed by atoms with Gasteiger partial charge in [-0.25, -0.2) is 8.42 Å². The zero-order valence-corrected chi connectivity index (χ0v) is 20.1. The average Bonchev–Trinajstić information content (AvgIpc) is 3.39. The summed E-state index contributed by atoms with van der Waals surface area (Å²) in [5, 5.41) is 13.1. The SMILES string of the molecule is CC1(C)CNc2cc(S(=O)(=O)N3CC4=C(CN(C(=O)C(CO)c5ccccc5)C4)C3)ccc2O1. The molecule has 180 valence electrons. The number of benzene rings is 2. The normalized spacial score (nSPS) is 20.4. The Bertz CT molecular complexity index is 1240. The zero-order chi connectivity index (χ0) is 24.1. The first-order valence-corrected chi connectivity index (χ1v) is 12.8. The first-order valence-electron chi connectivity index (χ1n) is 11.4. The van der Waals surface area contributed by atoms with Crippen LogP contribution in [-0.4, -0.2) is 73.6 Å².